The van der Waals surface area contributed by atoms with Gasteiger partial charge in [-0.25, -0.2) is 0 Å². The summed E-state index contributed by atoms with van der Waals surface area (Å²) in [6.45, 7) is 2.32. The fourth-order valence-electron chi connectivity index (χ4n) is 1.62. The predicted octanol–water partition coefficient (Wildman–Crippen LogP) is 3.02. The number of amides is 1. The van der Waals surface area contributed by atoms with Crippen LogP contribution in [0.15, 0.2) is 39.5 Å². The fraction of sp³-hybridized carbons (Fsp3) is 0.231. The molecule has 0 aliphatic carbocycles. The van der Waals surface area contributed by atoms with E-state index in [1.807, 2.05) is 19.1 Å². The van der Waals surface area contributed by atoms with Crippen LogP contribution in [-0.4, -0.2) is 22.8 Å². The Bertz CT molecular complexity index is 566. The molecule has 2 rings (SSSR count). The van der Waals surface area contributed by atoms with E-state index in [2.05, 4.69) is 20.9 Å². The SMILES string of the molecule is Cc1ccc(CN(C)C(=O)c2cncc(Br)c2)o1. The molecule has 0 saturated carbocycles. The Hall–Kier alpha value is -1.62. The molecule has 0 aliphatic heterocycles. The normalized spacial score (nSPS) is 10.4. The Morgan fingerprint density at radius 1 is 1.44 bits per heavy atom. The summed E-state index contributed by atoms with van der Waals surface area (Å²) in [5.41, 5.74) is 0.551. The van der Waals surface area contributed by atoms with Crippen molar-refractivity contribution < 1.29 is 9.21 Å². The molecule has 4 nitrogen and oxygen atoms in total. The first kappa shape index (κ1) is 12.8. The number of furan rings is 1. The molecule has 0 N–H and O–H groups in total. The molecule has 5 heteroatoms. The minimum Gasteiger partial charge on any atom is -0.464 e. The van der Waals surface area contributed by atoms with E-state index in [1.54, 1.807) is 30.4 Å². The third-order valence-electron chi connectivity index (χ3n) is 2.49. The number of aryl methyl sites for hydroxylation is 1. The van der Waals surface area contributed by atoms with Crippen molar-refractivity contribution in [2.24, 2.45) is 0 Å². The van der Waals surface area contributed by atoms with Crippen LogP contribution in [0, 0.1) is 6.92 Å². The molecular formula is C13H13BrN2O2. The number of carbonyl (C=O) groups excluding carboxylic acids is 1. The highest BCUT2D eigenvalue weighted by Gasteiger charge is 2.14. The zero-order chi connectivity index (χ0) is 13.1. The van der Waals surface area contributed by atoms with Crippen molar-refractivity contribution in [3.8, 4) is 0 Å². The van der Waals surface area contributed by atoms with Gasteiger partial charge in [0.05, 0.1) is 12.1 Å². The molecule has 0 spiro atoms. The van der Waals surface area contributed by atoms with Crippen LogP contribution in [0.1, 0.15) is 21.9 Å². The maximum atomic E-state index is 12.1. The zero-order valence-corrected chi connectivity index (χ0v) is 11.8. The molecule has 0 aliphatic rings. The van der Waals surface area contributed by atoms with Crippen molar-refractivity contribution in [1.29, 1.82) is 0 Å². The van der Waals surface area contributed by atoms with Crippen LogP contribution < -0.4 is 0 Å². The highest BCUT2D eigenvalue weighted by molar-refractivity contribution is 9.10. The summed E-state index contributed by atoms with van der Waals surface area (Å²) in [4.78, 5) is 17.7. The smallest absolute Gasteiger partial charge is 0.255 e. The summed E-state index contributed by atoms with van der Waals surface area (Å²) in [5.74, 6) is 1.53. The van der Waals surface area contributed by atoms with Gasteiger partial charge in [-0.15, -0.1) is 0 Å². The molecule has 2 aromatic heterocycles. The van der Waals surface area contributed by atoms with Gasteiger partial charge in [-0.3, -0.25) is 9.78 Å². The average Bonchev–Trinajstić information content (AvgIpc) is 2.73. The lowest BCUT2D eigenvalue weighted by molar-refractivity contribution is 0.0774. The first-order chi connectivity index (χ1) is 8.56. The second-order valence-electron chi connectivity index (χ2n) is 4.07. The van der Waals surface area contributed by atoms with Gasteiger partial charge in [0, 0.05) is 23.9 Å². The van der Waals surface area contributed by atoms with Gasteiger partial charge in [-0.1, -0.05) is 0 Å². The summed E-state index contributed by atoms with van der Waals surface area (Å²) in [7, 11) is 1.74. The number of carbonyl (C=O) groups is 1. The quantitative estimate of drug-likeness (QED) is 0.875. The molecule has 94 valence electrons. The van der Waals surface area contributed by atoms with E-state index in [0.29, 0.717) is 12.1 Å². The minimum absolute atomic E-state index is 0.0853. The van der Waals surface area contributed by atoms with Crippen molar-refractivity contribution in [3.05, 3.63) is 52.1 Å². The molecule has 2 heterocycles. The summed E-state index contributed by atoms with van der Waals surface area (Å²) < 4.78 is 6.23. The largest absolute Gasteiger partial charge is 0.464 e. The first-order valence-corrected chi connectivity index (χ1v) is 6.27. The lowest BCUT2D eigenvalue weighted by Crippen LogP contribution is -2.26. The fourth-order valence-corrected chi connectivity index (χ4v) is 1.99. The molecule has 0 unspecified atom stereocenters. The van der Waals surface area contributed by atoms with Crippen LogP contribution in [0.5, 0.6) is 0 Å². The zero-order valence-electron chi connectivity index (χ0n) is 10.2. The standard InChI is InChI=1S/C13H13BrN2O2/c1-9-3-4-12(18-9)8-16(2)13(17)10-5-11(14)7-15-6-10/h3-7H,8H2,1-2H3. The second kappa shape index (κ2) is 5.35. The van der Waals surface area contributed by atoms with Crippen LogP contribution in [0.2, 0.25) is 0 Å². The highest BCUT2D eigenvalue weighted by atomic mass is 79.9. The van der Waals surface area contributed by atoms with Gasteiger partial charge in [-0.2, -0.15) is 0 Å². The third-order valence-corrected chi connectivity index (χ3v) is 2.92. The van der Waals surface area contributed by atoms with Crippen LogP contribution >= 0.6 is 15.9 Å². The molecule has 0 radical (unpaired) electrons. The number of nitrogens with zero attached hydrogens (tertiary/aromatic N) is 2. The van der Waals surface area contributed by atoms with Crippen LogP contribution in [0.25, 0.3) is 0 Å². The number of aromatic nitrogens is 1. The minimum atomic E-state index is -0.0853. The highest BCUT2D eigenvalue weighted by Crippen LogP contribution is 2.13. The van der Waals surface area contributed by atoms with E-state index in [1.165, 1.54) is 0 Å². The number of halogens is 1. The maximum absolute atomic E-state index is 12.1. The van der Waals surface area contributed by atoms with Gasteiger partial charge in [0.2, 0.25) is 0 Å². The van der Waals surface area contributed by atoms with Crippen LogP contribution in [0.3, 0.4) is 0 Å². The Balaban J connectivity index is 2.09. The van der Waals surface area contributed by atoms with Gasteiger partial charge in [0.15, 0.2) is 0 Å². The second-order valence-corrected chi connectivity index (χ2v) is 4.98. The first-order valence-electron chi connectivity index (χ1n) is 5.47. The lowest BCUT2D eigenvalue weighted by atomic mass is 10.2. The third kappa shape index (κ3) is 2.98. The monoisotopic (exact) mass is 308 g/mol. The predicted molar refractivity (Wildman–Crippen MR) is 71.2 cm³/mol. The van der Waals surface area contributed by atoms with E-state index in [4.69, 9.17) is 4.42 Å². The molecule has 0 fully saturated rings. The molecule has 2 aromatic rings. The van der Waals surface area contributed by atoms with E-state index >= 15 is 0 Å². The molecule has 0 bridgehead atoms. The topological polar surface area (TPSA) is 46.3 Å². The molecule has 0 atom stereocenters. The van der Waals surface area contributed by atoms with Gasteiger partial charge in [0.25, 0.3) is 5.91 Å². The van der Waals surface area contributed by atoms with E-state index in [9.17, 15) is 4.79 Å². The molecule has 1 amide bonds. The molecular weight excluding hydrogens is 296 g/mol. The Labute approximate surface area is 114 Å². The van der Waals surface area contributed by atoms with Gasteiger partial charge in [-0.05, 0) is 41.1 Å². The summed E-state index contributed by atoms with van der Waals surface area (Å²) in [6.07, 6.45) is 3.20. The number of rotatable bonds is 3. The summed E-state index contributed by atoms with van der Waals surface area (Å²) in [5, 5.41) is 0. The average molecular weight is 309 g/mol. The van der Waals surface area contributed by atoms with Crippen molar-refractivity contribution in [2.45, 2.75) is 13.5 Å². The van der Waals surface area contributed by atoms with Gasteiger partial charge >= 0.3 is 0 Å². The number of hydrogen-bond donors (Lipinski definition) is 0. The number of pyridine rings is 1. The van der Waals surface area contributed by atoms with Crippen molar-refractivity contribution in [1.82, 2.24) is 9.88 Å². The summed E-state index contributed by atoms with van der Waals surface area (Å²) in [6, 6.07) is 5.51. The summed E-state index contributed by atoms with van der Waals surface area (Å²) >= 11 is 3.30. The maximum Gasteiger partial charge on any atom is 0.255 e. The molecule has 0 aromatic carbocycles. The van der Waals surface area contributed by atoms with Crippen LogP contribution in [-0.2, 0) is 6.54 Å². The lowest BCUT2D eigenvalue weighted by Gasteiger charge is -2.15. The Kier molecular flexibility index (Phi) is 3.81. The Morgan fingerprint density at radius 3 is 2.83 bits per heavy atom. The van der Waals surface area contributed by atoms with Crippen molar-refractivity contribution in [3.63, 3.8) is 0 Å². The van der Waals surface area contributed by atoms with Crippen LogP contribution in [0.4, 0.5) is 0 Å². The Morgan fingerprint density at radius 2 is 2.22 bits per heavy atom. The van der Waals surface area contributed by atoms with E-state index in [0.717, 1.165) is 16.0 Å². The van der Waals surface area contributed by atoms with Gasteiger partial charge < -0.3 is 9.32 Å². The number of hydrogen-bond acceptors (Lipinski definition) is 3. The molecule has 18 heavy (non-hydrogen) atoms. The van der Waals surface area contributed by atoms with E-state index in [-0.39, 0.29) is 5.91 Å². The van der Waals surface area contributed by atoms with E-state index < -0.39 is 0 Å². The van der Waals surface area contributed by atoms with Crippen molar-refractivity contribution in [2.75, 3.05) is 7.05 Å². The molecule has 0 saturated heterocycles. The van der Waals surface area contributed by atoms with Gasteiger partial charge in [0.1, 0.15) is 11.5 Å². The van der Waals surface area contributed by atoms with Crippen molar-refractivity contribution >= 4 is 21.8 Å².